The molecule has 0 bridgehead atoms. The minimum atomic E-state index is -1.12. The summed E-state index contributed by atoms with van der Waals surface area (Å²) in [4.78, 5) is 36.2. The Kier molecular flexibility index (Phi) is 5.02. The third-order valence-electron chi connectivity index (χ3n) is 3.38. The van der Waals surface area contributed by atoms with Gasteiger partial charge in [0.05, 0.1) is 0 Å². The summed E-state index contributed by atoms with van der Waals surface area (Å²) in [5.41, 5.74) is -1.84. The molecule has 1 aromatic carbocycles. The van der Waals surface area contributed by atoms with Crippen molar-refractivity contribution in [2.75, 3.05) is 11.9 Å². The van der Waals surface area contributed by atoms with E-state index in [9.17, 15) is 24.0 Å². The number of nitrogens with one attached hydrogen (secondary N) is 2. The Morgan fingerprint density at radius 1 is 1.25 bits per heavy atom. The van der Waals surface area contributed by atoms with Gasteiger partial charge in [-0.05, 0) is 24.6 Å². The maximum atomic E-state index is 12.9. The van der Waals surface area contributed by atoms with Gasteiger partial charge < -0.3 is 15.8 Å². The van der Waals surface area contributed by atoms with Crippen LogP contribution in [0.25, 0.3) is 0 Å². The molecule has 0 aliphatic rings. The number of rotatable bonds is 5. The first-order valence-corrected chi connectivity index (χ1v) is 7.18. The molecule has 24 heavy (non-hydrogen) atoms. The van der Waals surface area contributed by atoms with Gasteiger partial charge in [0.1, 0.15) is 17.2 Å². The number of aromatic nitrogens is 2. The molecule has 0 fully saturated rings. The lowest BCUT2D eigenvalue weighted by Gasteiger charge is -2.15. The van der Waals surface area contributed by atoms with E-state index in [4.69, 9.17) is 0 Å². The van der Waals surface area contributed by atoms with Crippen LogP contribution in [-0.4, -0.2) is 27.0 Å². The number of anilines is 1. The second-order valence-corrected chi connectivity index (χ2v) is 5.02. The molecule has 0 saturated heterocycles. The third kappa shape index (κ3) is 3.29. The highest BCUT2D eigenvalue weighted by Crippen LogP contribution is 2.09. The maximum absolute atomic E-state index is 12.9. The first kappa shape index (κ1) is 17.3. The van der Waals surface area contributed by atoms with Crippen LogP contribution >= 0.6 is 0 Å². The Balaban J connectivity index is 2.36. The Morgan fingerprint density at radius 3 is 2.46 bits per heavy atom. The molecule has 0 unspecified atom stereocenters. The predicted octanol–water partition coefficient (Wildman–Crippen LogP) is 0.285. The van der Waals surface area contributed by atoms with Gasteiger partial charge in [0.2, 0.25) is 0 Å². The zero-order chi connectivity index (χ0) is 17.9. The first-order chi connectivity index (χ1) is 11.4. The molecule has 2 rings (SSSR count). The van der Waals surface area contributed by atoms with Gasteiger partial charge in [0, 0.05) is 20.1 Å². The summed E-state index contributed by atoms with van der Waals surface area (Å²) in [5.74, 6) is -1.16. The fourth-order valence-electron chi connectivity index (χ4n) is 2.15. The number of halogens is 1. The summed E-state index contributed by atoms with van der Waals surface area (Å²) in [7, 11) is 1.32. The fourth-order valence-corrected chi connectivity index (χ4v) is 2.15. The number of nitrogens with zero attached hydrogens (tertiary/aromatic N) is 2. The largest absolute Gasteiger partial charge is 0.421 e. The summed E-state index contributed by atoms with van der Waals surface area (Å²) in [5, 5.41) is 14.8. The Labute approximate surface area is 136 Å². The number of benzene rings is 1. The summed E-state index contributed by atoms with van der Waals surface area (Å²) in [6.45, 7) is 2.15. The number of amides is 1. The van der Waals surface area contributed by atoms with Crippen molar-refractivity contribution in [3.63, 3.8) is 0 Å². The molecule has 0 aliphatic carbocycles. The average Bonchev–Trinajstić information content (AvgIpc) is 2.57. The Bertz CT molecular complexity index is 871. The topological polar surface area (TPSA) is 105 Å². The molecule has 0 aliphatic heterocycles. The SMILES string of the molecule is CCNc1c(C(=O)NCc2ccc(F)cc2)c(=O)n(O)c(=O)n1C. The van der Waals surface area contributed by atoms with Crippen molar-refractivity contribution < 1.29 is 14.4 Å². The van der Waals surface area contributed by atoms with Crippen molar-refractivity contribution in [3.8, 4) is 0 Å². The summed E-state index contributed by atoms with van der Waals surface area (Å²) >= 11 is 0. The molecule has 1 aromatic heterocycles. The number of hydrogen-bond donors (Lipinski definition) is 3. The molecular formula is C15H17FN4O4. The minimum Gasteiger partial charge on any atom is -0.421 e. The van der Waals surface area contributed by atoms with Crippen LogP contribution in [0.4, 0.5) is 10.2 Å². The van der Waals surface area contributed by atoms with Gasteiger partial charge in [-0.1, -0.05) is 16.9 Å². The Hall–Kier alpha value is -3.10. The van der Waals surface area contributed by atoms with E-state index >= 15 is 0 Å². The van der Waals surface area contributed by atoms with Crippen LogP contribution in [-0.2, 0) is 13.6 Å². The first-order valence-electron chi connectivity index (χ1n) is 7.18. The van der Waals surface area contributed by atoms with E-state index in [-0.39, 0.29) is 22.7 Å². The monoisotopic (exact) mass is 336 g/mol. The average molecular weight is 336 g/mol. The van der Waals surface area contributed by atoms with Crippen LogP contribution in [0.2, 0.25) is 0 Å². The zero-order valence-corrected chi connectivity index (χ0v) is 13.2. The van der Waals surface area contributed by atoms with Crippen LogP contribution in [0, 0.1) is 5.82 Å². The third-order valence-corrected chi connectivity index (χ3v) is 3.38. The second kappa shape index (κ2) is 6.99. The normalized spacial score (nSPS) is 10.5. The van der Waals surface area contributed by atoms with Crippen molar-refractivity contribution in [2.24, 2.45) is 7.05 Å². The van der Waals surface area contributed by atoms with E-state index in [2.05, 4.69) is 10.6 Å². The summed E-state index contributed by atoms with van der Waals surface area (Å²) in [6, 6.07) is 5.48. The van der Waals surface area contributed by atoms with Crippen molar-refractivity contribution in [3.05, 3.63) is 62.0 Å². The zero-order valence-electron chi connectivity index (χ0n) is 13.2. The predicted molar refractivity (Wildman–Crippen MR) is 84.9 cm³/mol. The van der Waals surface area contributed by atoms with Gasteiger partial charge in [-0.3, -0.25) is 14.2 Å². The van der Waals surface area contributed by atoms with E-state index in [1.165, 1.54) is 31.3 Å². The highest BCUT2D eigenvalue weighted by Gasteiger charge is 2.22. The van der Waals surface area contributed by atoms with E-state index in [0.29, 0.717) is 12.1 Å². The Morgan fingerprint density at radius 2 is 1.88 bits per heavy atom. The lowest BCUT2D eigenvalue weighted by atomic mass is 10.2. The fraction of sp³-hybridized carbons (Fsp3) is 0.267. The molecule has 1 amide bonds. The van der Waals surface area contributed by atoms with Crippen LogP contribution in [0.15, 0.2) is 33.9 Å². The highest BCUT2D eigenvalue weighted by molar-refractivity contribution is 5.98. The molecule has 2 aromatic rings. The molecule has 3 N–H and O–H groups in total. The minimum absolute atomic E-state index is 0.00871. The van der Waals surface area contributed by atoms with Crippen molar-refractivity contribution in [1.29, 1.82) is 0 Å². The van der Waals surface area contributed by atoms with E-state index < -0.39 is 23.0 Å². The van der Waals surface area contributed by atoms with Crippen LogP contribution in [0.3, 0.4) is 0 Å². The van der Waals surface area contributed by atoms with Gasteiger partial charge in [-0.15, -0.1) is 0 Å². The molecule has 9 heteroatoms. The van der Waals surface area contributed by atoms with Crippen molar-refractivity contribution in [1.82, 2.24) is 14.6 Å². The van der Waals surface area contributed by atoms with Crippen LogP contribution in [0.5, 0.6) is 0 Å². The van der Waals surface area contributed by atoms with Gasteiger partial charge in [-0.25, -0.2) is 9.18 Å². The quantitative estimate of drug-likeness (QED) is 0.681. The smallest absolute Gasteiger partial charge is 0.365 e. The molecule has 1 heterocycles. The van der Waals surface area contributed by atoms with E-state index in [1.807, 2.05) is 0 Å². The van der Waals surface area contributed by atoms with Gasteiger partial charge in [-0.2, -0.15) is 0 Å². The highest BCUT2D eigenvalue weighted by atomic mass is 19.1. The molecule has 0 radical (unpaired) electrons. The van der Waals surface area contributed by atoms with Crippen molar-refractivity contribution in [2.45, 2.75) is 13.5 Å². The molecule has 0 atom stereocenters. The second-order valence-electron chi connectivity index (χ2n) is 5.02. The summed E-state index contributed by atoms with van der Waals surface area (Å²) < 4.78 is 13.7. The van der Waals surface area contributed by atoms with Crippen molar-refractivity contribution >= 4 is 11.7 Å². The lowest BCUT2D eigenvalue weighted by Crippen LogP contribution is -2.44. The van der Waals surface area contributed by atoms with Gasteiger partial charge in [0.25, 0.3) is 5.91 Å². The number of carbonyl (C=O) groups excluding carboxylic acids is 1. The molecule has 0 saturated carbocycles. The number of hydrogen-bond acceptors (Lipinski definition) is 5. The van der Waals surface area contributed by atoms with E-state index in [0.717, 1.165) is 4.57 Å². The van der Waals surface area contributed by atoms with E-state index in [1.54, 1.807) is 6.92 Å². The molecule has 0 spiro atoms. The van der Waals surface area contributed by atoms with Crippen LogP contribution in [0.1, 0.15) is 22.8 Å². The standard InChI is InChI=1S/C15H17FN4O4/c1-3-17-12-11(14(22)20(24)15(23)19(12)2)13(21)18-8-9-4-6-10(16)7-5-9/h4-7,17,24H,3,8H2,1-2H3,(H,18,21). The maximum Gasteiger partial charge on any atom is 0.365 e. The molecule has 128 valence electrons. The molecular weight excluding hydrogens is 319 g/mol. The number of carbonyl (C=O) groups is 1. The lowest BCUT2D eigenvalue weighted by molar-refractivity contribution is 0.0938. The van der Waals surface area contributed by atoms with Crippen LogP contribution < -0.4 is 21.9 Å². The summed E-state index contributed by atoms with van der Waals surface area (Å²) in [6.07, 6.45) is 0. The molecule has 8 nitrogen and oxygen atoms in total. The van der Waals surface area contributed by atoms with Gasteiger partial charge >= 0.3 is 11.2 Å². The van der Waals surface area contributed by atoms with Gasteiger partial charge in [0.15, 0.2) is 0 Å².